The molecule has 1 saturated heterocycles. The number of hydrogen-bond acceptors (Lipinski definition) is 7. The van der Waals surface area contributed by atoms with Crippen molar-refractivity contribution >= 4 is 11.2 Å². The molecule has 0 N–H and O–H groups in total. The van der Waals surface area contributed by atoms with Crippen LogP contribution in [0.2, 0.25) is 0 Å². The Bertz CT molecular complexity index is 1060. The highest BCUT2D eigenvalue weighted by Gasteiger charge is 2.22. The number of benzene rings is 1. The Morgan fingerprint density at radius 3 is 2.93 bits per heavy atom. The highest BCUT2D eigenvalue weighted by molar-refractivity contribution is 5.68. The van der Waals surface area contributed by atoms with Crippen molar-refractivity contribution in [2.75, 3.05) is 26.3 Å². The van der Waals surface area contributed by atoms with Crippen LogP contribution in [0.4, 0.5) is 0 Å². The van der Waals surface area contributed by atoms with Crippen LogP contribution in [0.3, 0.4) is 0 Å². The summed E-state index contributed by atoms with van der Waals surface area (Å²) >= 11 is 0. The van der Waals surface area contributed by atoms with Crippen molar-refractivity contribution < 1.29 is 9.57 Å². The number of morpholine rings is 1. The number of ether oxygens (including phenoxy) is 1. The summed E-state index contributed by atoms with van der Waals surface area (Å²) in [5.41, 5.74) is 3.69. The Labute approximate surface area is 167 Å². The lowest BCUT2D eigenvalue weighted by Gasteiger charge is -2.32. The average molecular weight is 391 g/mol. The van der Waals surface area contributed by atoms with Crippen molar-refractivity contribution in [3.05, 3.63) is 66.9 Å². The number of aromatic nitrogens is 6. The minimum absolute atomic E-state index is 0.0306. The number of rotatable bonds is 6. The van der Waals surface area contributed by atoms with Gasteiger partial charge in [0, 0.05) is 43.9 Å². The SMILES string of the molecule is c1cnc2c(c1)nnn2OCC1CN(Cc2ccc(-n3ccnc3)cc2)CCO1. The largest absolute Gasteiger partial charge is 0.391 e. The summed E-state index contributed by atoms with van der Waals surface area (Å²) in [5.74, 6) is 0. The summed E-state index contributed by atoms with van der Waals surface area (Å²) in [6.07, 6.45) is 7.19. The van der Waals surface area contributed by atoms with Crippen molar-refractivity contribution in [3.8, 4) is 5.69 Å². The minimum Gasteiger partial charge on any atom is -0.391 e. The van der Waals surface area contributed by atoms with Crippen molar-refractivity contribution in [1.82, 2.24) is 34.6 Å². The zero-order valence-corrected chi connectivity index (χ0v) is 15.8. The zero-order valence-electron chi connectivity index (χ0n) is 15.8. The van der Waals surface area contributed by atoms with Gasteiger partial charge in [0.2, 0.25) is 5.65 Å². The van der Waals surface area contributed by atoms with E-state index in [4.69, 9.17) is 9.57 Å². The summed E-state index contributed by atoms with van der Waals surface area (Å²) in [5, 5.41) is 8.05. The number of hydrogen-bond donors (Lipinski definition) is 0. The average Bonchev–Trinajstić information content (AvgIpc) is 3.44. The molecular formula is C20H21N7O2. The van der Waals surface area contributed by atoms with Crippen molar-refractivity contribution in [3.63, 3.8) is 0 Å². The van der Waals surface area contributed by atoms with Gasteiger partial charge in [-0.15, -0.1) is 5.10 Å². The van der Waals surface area contributed by atoms with Crippen LogP contribution >= 0.6 is 0 Å². The molecule has 0 radical (unpaired) electrons. The number of nitrogens with zero attached hydrogens (tertiary/aromatic N) is 7. The molecule has 1 unspecified atom stereocenters. The fraction of sp³-hybridized carbons (Fsp3) is 0.300. The Hall–Kier alpha value is -3.30. The molecule has 0 saturated carbocycles. The Morgan fingerprint density at radius 1 is 1.14 bits per heavy atom. The van der Waals surface area contributed by atoms with Crippen LogP contribution in [-0.2, 0) is 11.3 Å². The molecule has 0 bridgehead atoms. The van der Waals surface area contributed by atoms with E-state index in [0.717, 1.165) is 25.3 Å². The van der Waals surface area contributed by atoms with E-state index in [1.807, 2.05) is 22.9 Å². The third-order valence-electron chi connectivity index (χ3n) is 4.93. The second-order valence-corrected chi connectivity index (χ2v) is 6.97. The molecule has 9 nitrogen and oxygen atoms in total. The topological polar surface area (TPSA) is 83.1 Å². The molecule has 148 valence electrons. The zero-order chi connectivity index (χ0) is 19.5. The maximum absolute atomic E-state index is 5.87. The third-order valence-corrected chi connectivity index (χ3v) is 4.93. The summed E-state index contributed by atoms with van der Waals surface area (Å²) in [6, 6.07) is 12.2. The molecule has 0 aliphatic carbocycles. The standard InChI is InChI=1S/C20H21N7O2/c1-2-19-20(22-7-1)27(24-23-19)29-14-18-13-25(10-11-28-18)12-16-3-5-17(6-4-16)26-9-8-21-15-26/h1-9,15,18H,10-14H2. The number of imidazole rings is 1. The van der Waals surface area contributed by atoms with Gasteiger partial charge in [-0.1, -0.05) is 17.0 Å². The van der Waals surface area contributed by atoms with E-state index in [1.165, 1.54) is 10.4 Å². The molecule has 29 heavy (non-hydrogen) atoms. The lowest BCUT2D eigenvalue weighted by atomic mass is 10.1. The summed E-state index contributed by atoms with van der Waals surface area (Å²) in [6.45, 7) is 3.64. The molecule has 1 aliphatic rings. The maximum atomic E-state index is 5.87. The number of fused-ring (bicyclic) bond motifs is 1. The van der Waals surface area contributed by atoms with Gasteiger partial charge in [-0.3, -0.25) is 4.90 Å². The van der Waals surface area contributed by atoms with E-state index in [9.17, 15) is 0 Å². The smallest absolute Gasteiger partial charge is 0.219 e. The first-order valence-corrected chi connectivity index (χ1v) is 9.56. The molecule has 9 heteroatoms. The van der Waals surface area contributed by atoms with Crippen LogP contribution in [0, 0.1) is 0 Å². The van der Waals surface area contributed by atoms with Crippen LogP contribution in [0.1, 0.15) is 5.56 Å². The van der Waals surface area contributed by atoms with Crippen LogP contribution in [0.15, 0.2) is 61.3 Å². The molecule has 0 amide bonds. The highest BCUT2D eigenvalue weighted by atomic mass is 16.7. The first-order valence-electron chi connectivity index (χ1n) is 9.56. The van der Waals surface area contributed by atoms with E-state index in [2.05, 4.69) is 49.4 Å². The first kappa shape index (κ1) is 17.8. The monoisotopic (exact) mass is 391 g/mol. The maximum Gasteiger partial charge on any atom is 0.219 e. The van der Waals surface area contributed by atoms with Crippen molar-refractivity contribution in [2.45, 2.75) is 12.6 Å². The van der Waals surface area contributed by atoms with E-state index in [1.54, 1.807) is 18.7 Å². The Kier molecular flexibility index (Phi) is 4.89. The normalized spacial score (nSPS) is 17.6. The predicted octanol–water partition coefficient (Wildman–Crippen LogP) is 1.34. The molecule has 0 spiro atoms. The van der Waals surface area contributed by atoms with Crippen LogP contribution in [0.25, 0.3) is 16.9 Å². The van der Waals surface area contributed by atoms with Crippen LogP contribution in [0.5, 0.6) is 0 Å². The fourth-order valence-corrected chi connectivity index (χ4v) is 3.45. The molecule has 4 aromatic rings. The molecule has 5 rings (SSSR count). The molecule has 1 aromatic carbocycles. The second kappa shape index (κ2) is 7.98. The van der Waals surface area contributed by atoms with E-state index in [0.29, 0.717) is 24.4 Å². The van der Waals surface area contributed by atoms with Crippen molar-refractivity contribution in [1.29, 1.82) is 0 Å². The summed E-state index contributed by atoms with van der Waals surface area (Å²) < 4.78 is 7.86. The fourth-order valence-electron chi connectivity index (χ4n) is 3.45. The first-order chi connectivity index (χ1) is 14.3. The van der Waals surface area contributed by atoms with Gasteiger partial charge in [0.1, 0.15) is 18.2 Å². The molecule has 4 heterocycles. The Balaban J connectivity index is 1.17. The van der Waals surface area contributed by atoms with E-state index in [-0.39, 0.29) is 6.10 Å². The molecule has 1 atom stereocenters. The van der Waals surface area contributed by atoms with Crippen LogP contribution in [-0.4, -0.2) is 67.0 Å². The quantitative estimate of drug-likeness (QED) is 0.490. The molecular weight excluding hydrogens is 370 g/mol. The number of pyridine rings is 1. The molecule has 1 aliphatic heterocycles. The lowest BCUT2D eigenvalue weighted by Crippen LogP contribution is -2.45. The van der Waals surface area contributed by atoms with E-state index >= 15 is 0 Å². The lowest BCUT2D eigenvalue weighted by molar-refractivity contribution is -0.0770. The summed E-state index contributed by atoms with van der Waals surface area (Å²) in [4.78, 5) is 17.9. The van der Waals surface area contributed by atoms with Gasteiger partial charge in [0.05, 0.1) is 12.9 Å². The predicted molar refractivity (Wildman–Crippen MR) is 105 cm³/mol. The Morgan fingerprint density at radius 2 is 2.07 bits per heavy atom. The van der Waals surface area contributed by atoms with Gasteiger partial charge >= 0.3 is 0 Å². The van der Waals surface area contributed by atoms with Gasteiger partial charge < -0.3 is 14.1 Å². The highest BCUT2D eigenvalue weighted by Crippen LogP contribution is 2.14. The van der Waals surface area contributed by atoms with E-state index < -0.39 is 0 Å². The van der Waals surface area contributed by atoms with Gasteiger partial charge in [-0.25, -0.2) is 9.97 Å². The molecule has 1 fully saturated rings. The van der Waals surface area contributed by atoms with Gasteiger partial charge in [-0.05, 0) is 35.0 Å². The van der Waals surface area contributed by atoms with Gasteiger partial charge in [0.25, 0.3) is 0 Å². The van der Waals surface area contributed by atoms with Gasteiger partial charge in [0.15, 0.2) is 0 Å². The summed E-state index contributed by atoms with van der Waals surface area (Å²) in [7, 11) is 0. The van der Waals surface area contributed by atoms with Crippen molar-refractivity contribution in [2.24, 2.45) is 0 Å². The van der Waals surface area contributed by atoms with Crippen LogP contribution < -0.4 is 4.84 Å². The minimum atomic E-state index is -0.0306. The second-order valence-electron chi connectivity index (χ2n) is 6.97. The van der Waals surface area contributed by atoms with Gasteiger partial charge in [-0.2, -0.15) is 0 Å². The third kappa shape index (κ3) is 3.96. The molecule has 3 aromatic heterocycles.